The van der Waals surface area contributed by atoms with Crippen molar-refractivity contribution < 1.29 is 0 Å². The number of benzene rings is 2. The van der Waals surface area contributed by atoms with E-state index in [0.717, 1.165) is 12.5 Å². The lowest BCUT2D eigenvalue weighted by Crippen LogP contribution is -2.32. The molecule has 2 heterocycles. The van der Waals surface area contributed by atoms with Crippen LogP contribution < -0.4 is 0 Å². The minimum absolute atomic E-state index is 0.736. The van der Waals surface area contributed by atoms with Crippen LogP contribution in [0.5, 0.6) is 0 Å². The van der Waals surface area contributed by atoms with Crippen LogP contribution in [0.3, 0.4) is 0 Å². The van der Waals surface area contributed by atoms with Crippen molar-refractivity contribution >= 4 is 10.9 Å². The fourth-order valence-corrected chi connectivity index (χ4v) is 3.61. The third-order valence-corrected chi connectivity index (χ3v) is 4.84. The predicted octanol–water partition coefficient (Wildman–Crippen LogP) is 4.55. The van der Waals surface area contributed by atoms with E-state index in [1.54, 1.807) is 0 Å². The first-order valence-corrected chi connectivity index (χ1v) is 8.22. The van der Waals surface area contributed by atoms with E-state index in [4.69, 9.17) is 0 Å². The zero-order valence-corrected chi connectivity index (χ0v) is 12.8. The van der Waals surface area contributed by atoms with Crippen LogP contribution in [0, 0.1) is 0 Å². The summed E-state index contributed by atoms with van der Waals surface area (Å²) in [5, 5.41) is 1.32. The van der Waals surface area contributed by atoms with E-state index in [2.05, 4.69) is 70.5 Å². The summed E-state index contributed by atoms with van der Waals surface area (Å²) >= 11 is 0. The van der Waals surface area contributed by atoms with Gasteiger partial charge in [0.25, 0.3) is 0 Å². The summed E-state index contributed by atoms with van der Waals surface area (Å²) in [5.74, 6) is 0.736. The van der Waals surface area contributed by atoms with Crippen molar-refractivity contribution in [3.63, 3.8) is 0 Å². The van der Waals surface area contributed by atoms with Gasteiger partial charge in [-0.05, 0) is 54.9 Å². The fourth-order valence-electron chi connectivity index (χ4n) is 3.61. The molecule has 2 heteroatoms. The maximum absolute atomic E-state index is 3.54. The highest BCUT2D eigenvalue weighted by Gasteiger charge is 2.20. The summed E-state index contributed by atoms with van der Waals surface area (Å²) in [5.41, 5.74) is 4.09. The van der Waals surface area contributed by atoms with E-state index < -0.39 is 0 Å². The zero-order valence-electron chi connectivity index (χ0n) is 12.8. The van der Waals surface area contributed by atoms with Gasteiger partial charge in [-0.15, -0.1) is 0 Å². The molecule has 0 aliphatic carbocycles. The molecule has 3 aromatic rings. The highest BCUT2D eigenvalue weighted by Crippen LogP contribution is 2.28. The molecule has 22 heavy (non-hydrogen) atoms. The summed E-state index contributed by atoms with van der Waals surface area (Å²) in [6, 6.07) is 21.8. The number of hydrogen-bond acceptors (Lipinski definition) is 1. The van der Waals surface area contributed by atoms with E-state index in [-0.39, 0.29) is 0 Å². The normalized spacial score (nSPS) is 17.1. The molecular formula is C20H22N2. The lowest BCUT2D eigenvalue weighted by atomic mass is 9.89. The second-order valence-corrected chi connectivity index (χ2v) is 6.34. The van der Waals surface area contributed by atoms with Crippen molar-refractivity contribution in [1.82, 2.24) is 9.88 Å². The van der Waals surface area contributed by atoms with Gasteiger partial charge in [0, 0.05) is 17.8 Å². The van der Waals surface area contributed by atoms with Gasteiger partial charge < -0.3 is 4.98 Å². The van der Waals surface area contributed by atoms with Gasteiger partial charge >= 0.3 is 0 Å². The minimum Gasteiger partial charge on any atom is -0.357 e. The third-order valence-electron chi connectivity index (χ3n) is 4.84. The molecule has 1 aromatic heterocycles. The van der Waals surface area contributed by atoms with Crippen molar-refractivity contribution in [3.8, 4) is 0 Å². The molecule has 1 fully saturated rings. The largest absolute Gasteiger partial charge is 0.357 e. The van der Waals surface area contributed by atoms with Crippen molar-refractivity contribution in [2.75, 3.05) is 13.1 Å². The summed E-state index contributed by atoms with van der Waals surface area (Å²) in [6.45, 7) is 3.42. The maximum Gasteiger partial charge on any atom is 0.0456 e. The molecule has 0 amide bonds. The number of piperidine rings is 1. The molecular weight excluding hydrogens is 268 g/mol. The average molecular weight is 290 g/mol. The number of H-pyrrole nitrogens is 1. The summed E-state index contributed by atoms with van der Waals surface area (Å²) < 4.78 is 0. The van der Waals surface area contributed by atoms with E-state index in [9.17, 15) is 0 Å². The fraction of sp³-hybridized carbons (Fsp3) is 0.300. The van der Waals surface area contributed by atoms with E-state index >= 15 is 0 Å². The Labute approximate surface area is 131 Å². The van der Waals surface area contributed by atoms with E-state index in [1.807, 2.05) is 0 Å². The monoisotopic (exact) mass is 290 g/mol. The number of hydrogen-bond donors (Lipinski definition) is 1. The number of rotatable bonds is 3. The second-order valence-electron chi connectivity index (χ2n) is 6.34. The topological polar surface area (TPSA) is 19.0 Å². The van der Waals surface area contributed by atoms with Crippen LogP contribution in [0.1, 0.15) is 30.0 Å². The quantitative estimate of drug-likeness (QED) is 0.750. The van der Waals surface area contributed by atoms with Gasteiger partial charge in [0.05, 0.1) is 0 Å². The number of para-hydroxylation sites is 1. The number of fused-ring (bicyclic) bond motifs is 1. The SMILES string of the molecule is c1ccc(C2CCN(Cc3cc4ccccc4[nH]3)CC2)cc1. The number of aromatic nitrogens is 1. The van der Waals surface area contributed by atoms with Gasteiger partial charge in [0.2, 0.25) is 0 Å². The van der Waals surface area contributed by atoms with Crippen LogP contribution in [-0.4, -0.2) is 23.0 Å². The van der Waals surface area contributed by atoms with Crippen LogP contribution in [0.25, 0.3) is 10.9 Å². The standard InChI is InChI=1S/C20H22N2/c1-2-6-16(7-3-1)17-10-12-22(13-11-17)15-19-14-18-8-4-5-9-20(18)21-19/h1-9,14,17,21H,10-13,15H2. The maximum atomic E-state index is 3.54. The zero-order chi connectivity index (χ0) is 14.8. The molecule has 0 spiro atoms. The van der Waals surface area contributed by atoms with Crippen LogP contribution in [0.15, 0.2) is 60.7 Å². The summed E-state index contributed by atoms with van der Waals surface area (Å²) in [6.07, 6.45) is 2.54. The van der Waals surface area contributed by atoms with Gasteiger partial charge in [0.15, 0.2) is 0 Å². The Hall–Kier alpha value is -2.06. The van der Waals surface area contributed by atoms with Crippen molar-refractivity contribution in [2.24, 2.45) is 0 Å². The molecule has 4 rings (SSSR count). The van der Waals surface area contributed by atoms with Crippen LogP contribution >= 0.6 is 0 Å². The molecule has 0 radical (unpaired) electrons. The van der Waals surface area contributed by atoms with Gasteiger partial charge in [0.1, 0.15) is 0 Å². The third kappa shape index (κ3) is 2.79. The van der Waals surface area contributed by atoms with E-state index in [1.165, 1.54) is 48.1 Å². The predicted molar refractivity (Wildman–Crippen MR) is 92.0 cm³/mol. The van der Waals surface area contributed by atoms with Crippen LogP contribution in [0.2, 0.25) is 0 Å². The number of nitrogens with zero attached hydrogens (tertiary/aromatic N) is 1. The Morgan fingerprint density at radius 2 is 1.64 bits per heavy atom. The van der Waals surface area contributed by atoms with Gasteiger partial charge in [-0.2, -0.15) is 0 Å². The Kier molecular flexibility index (Phi) is 3.69. The molecule has 2 nitrogen and oxygen atoms in total. The molecule has 0 atom stereocenters. The number of nitrogens with one attached hydrogen (secondary N) is 1. The van der Waals surface area contributed by atoms with Gasteiger partial charge in [-0.3, -0.25) is 4.90 Å². The molecule has 0 saturated carbocycles. The first-order valence-electron chi connectivity index (χ1n) is 8.22. The average Bonchev–Trinajstić information content (AvgIpc) is 2.98. The Morgan fingerprint density at radius 3 is 2.41 bits per heavy atom. The Morgan fingerprint density at radius 1 is 0.909 bits per heavy atom. The lowest BCUT2D eigenvalue weighted by molar-refractivity contribution is 0.203. The van der Waals surface area contributed by atoms with Gasteiger partial charge in [-0.25, -0.2) is 0 Å². The molecule has 1 aliphatic heterocycles. The molecule has 0 unspecified atom stereocenters. The van der Waals surface area contributed by atoms with Crippen LogP contribution in [0.4, 0.5) is 0 Å². The first kappa shape index (κ1) is 13.6. The minimum atomic E-state index is 0.736. The molecule has 1 aliphatic rings. The first-order chi connectivity index (χ1) is 10.9. The molecule has 0 bridgehead atoms. The summed E-state index contributed by atoms with van der Waals surface area (Å²) in [4.78, 5) is 6.12. The highest BCUT2D eigenvalue weighted by atomic mass is 15.1. The molecule has 112 valence electrons. The summed E-state index contributed by atoms with van der Waals surface area (Å²) in [7, 11) is 0. The Bertz CT molecular complexity index is 704. The van der Waals surface area contributed by atoms with Crippen LogP contribution in [-0.2, 0) is 6.54 Å². The number of likely N-dealkylation sites (tertiary alicyclic amines) is 1. The Balaban J connectivity index is 1.39. The molecule has 1 saturated heterocycles. The van der Waals surface area contributed by atoms with Crippen molar-refractivity contribution in [2.45, 2.75) is 25.3 Å². The van der Waals surface area contributed by atoms with Crippen molar-refractivity contribution in [1.29, 1.82) is 0 Å². The molecule has 1 N–H and O–H groups in total. The van der Waals surface area contributed by atoms with Crippen molar-refractivity contribution in [3.05, 3.63) is 71.9 Å². The highest BCUT2D eigenvalue weighted by molar-refractivity contribution is 5.80. The lowest BCUT2D eigenvalue weighted by Gasteiger charge is -2.31. The molecule has 2 aromatic carbocycles. The van der Waals surface area contributed by atoms with Gasteiger partial charge in [-0.1, -0.05) is 48.5 Å². The second kappa shape index (κ2) is 5.98. The van der Waals surface area contributed by atoms with E-state index in [0.29, 0.717) is 0 Å². The smallest absolute Gasteiger partial charge is 0.0456 e. The number of aromatic amines is 1.